The summed E-state index contributed by atoms with van der Waals surface area (Å²) >= 11 is 0. The molecule has 3 aromatic rings. The molecule has 0 saturated carbocycles. The predicted molar refractivity (Wildman–Crippen MR) is 137 cm³/mol. The van der Waals surface area contributed by atoms with Crippen molar-refractivity contribution in [1.29, 1.82) is 0 Å². The van der Waals surface area contributed by atoms with Crippen molar-refractivity contribution in [3.63, 3.8) is 0 Å². The van der Waals surface area contributed by atoms with Crippen LogP contribution in [0.3, 0.4) is 0 Å². The summed E-state index contributed by atoms with van der Waals surface area (Å²) < 4.78 is 16.4. The number of piperidine rings is 1. The molecule has 7 heteroatoms. The molecule has 1 atom stereocenters. The minimum absolute atomic E-state index is 0.0104. The van der Waals surface area contributed by atoms with Crippen molar-refractivity contribution < 1.29 is 23.5 Å². The molecule has 190 valence electrons. The van der Waals surface area contributed by atoms with E-state index in [4.69, 9.17) is 13.9 Å². The van der Waals surface area contributed by atoms with Gasteiger partial charge in [-0.05, 0) is 55.9 Å². The molecule has 1 aliphatic heterocycles. The van der Waals surface area contributed by atoms with Gasteiger partial charge in [-0.3, -0.25) is 9.59 Å². The third-order valence-corrected chi connectivity index (χ3v) is 7.05. The van der Waals surface area contributed by atoms with Crippen LogP contribution in [0, 0.1) is 12.8 Å². The second-order valence-corrected chi connectivity index (χ2v) is 9.22. The molecule has 2 amide bonds. The van der Waals surface area contributed by atoms with Crippen LogP contribution in [0.2, 0.25) is 0 Å². The number of ether oxygens (including phenoxy) is 2. The van der Waals surface area contributed by atoms with Gasteiger partial charge >= 0.3 is 0 Å². The van der Waals surface area contributed by atoms with Crippen molar-refractivity contribution in [3.8, 4) is 11.5 Å². The van der Waals surface area contributed by atoms with Crippen LogP contribution in [0.25, 0.3) is 0 Å². The van der Waals surface area contributed by atoms with Crippen molar-refractivity contribution in [2.45, 2.75) is 32.2 Å². The molecule has 1 aromatic heterocycles. The molecule has 1 saturated heterocycles. The first-order valence-electron chi connectivity index (χ1n) is 12.4. The summed E-state index contributed by atoms with van der Waals surface area (Å²) in [6.45, 7) is 3.05. The molecule has 0 unspecified atom stereocenters. The average Bonchev–Trinajstić information content (AvgIpc) is 3.36. The molecule has 0 radical (unpaired) electrons. The summed E-state index contributed by atoms with van der Waals surface area (Å²) in [6, 6.07) is 19.3. The van der Waals surface area contributed by atoms with Gasteiger partial charge in [0, 0.05) is 26.2 Å². The smallest absolute Gasteiger partial charge is 0.260 e. The maximum Gasteiger partial charge on any atom is 0.260 e. The largest absolute Gasteiger partial charge is 0.493 e. The van der Waals surface area contributed by atoms with Gasteiger partial charge in [0.2, 0.25) is 0 Å². The van der Waals surface area contributed by atoms with E-state index in [9.17, 15) is 9.59 Å². The molecule has 0 aliphatic carbocycles. The number of amides is 2. The molecule has 0 spiro atoms. The van der Waals surface area contributed by atoms with Gasteiger partial charge in [-0.2, -0.15) is 0 Å². The number of benzene rings is 2. The zero-order valence-electron chi connectivity index (χ0n) is 21.2. The van der Waals surface area contributed by atoms with E-state index in [1.807, 2.05) is 54.1 Å². The summed E-state index contributed by atoms with van der Waals surface area (Å²) in [5.41, 5.74) is 1.78. The lowest BCUT2D eigenvalue weighted by Gasteiger charge is -2.40. The van der Waals surface area contributed by atoms with Gasteiger partial charge in [0.15, 0.2) is 18.1 Å². The Kier molecular flexibility index (Phi) is 8.31. The fraction of sp³-hybridized carbons (Fsp3) is 0.379. The van der Waals surface area contributed by atoms with Gasteiger partial charge < -0.3 is 23.7 Å². The first-order valence-corrected chi connectivity index (χ1v) is 12.4. The summed E-state index contributed by atoms with van der Waals surface area (Å²) in [7, 11) is 3.46. The Morgan fingerprint density at radius 3 is 2.33 bits per heavy atom. The third kappa shape index (κ3) is 5.90. The molecule has 1 aliphatic rings. The number of para-hydroxylation sites is 2. The fourth-order valence-electron chi connectivity index (χ4n) is 4.93. The fourth-order valence-corrected chi connectivity index (χ4v) is 4.93. The molecule has 2 aromatic carbocycles. The van der Waals surface area contributed by atoms with Crippen LogP contribution in [0.4, 0.5) is 0 Å². The Morgan fingerprint density at radius 1 is 1.03 bits per heavy atom. The second kappa shape index (κ2) is 11.8. The minimum atomic E-state index is -0.0441. The van der Waals surface area contributed by atoms with E-state index in [1.165, 1.54) is 5.56 Å². The highest BCUT2D eigenvalue weighted by Crippen LogP contribution is 2.29. The summed E-state index contributed by atoms with van der Waals surface area (Å²) in [4.78, 5) is 29.9. The number of rotatable bonds is 9. The highest BCUT2D eigenvalue weighted by atomic mass is 16.5. The number of methoxy groups -OCH3 is 1. The second-order valence-electron chi connectivity index (χ2n) is 9.22. The SMILES string of the molecule is COc1ccccc1OCC(=O)N1CCC([C@@H](Cc2ccccc2)N(C)C(=O)c2ccoc2C)CC1. The number of carbonyl (C=O) groups is 2. The van der Waals surface area contributed by atoms with E-state index < -0.39 is 0 Å². The van der Waals surface area contributed by atoms with Crippen LogP contribution in [-0.4, -0.2) is 61.5 Å². The van der Waals surface area contributed by atoms with Crippen molar-refractivity contribution in [3.05, 3.63) is 83.8 Å². The Balaban J connectivity index is 1.40. The van der Waals surface area contributed by atoms with Crippen molar-refractivity contribution in [2.75, 3.05) is 33.9 Å². The molecular formula is C29H34N2O5. The van der Waals surface area contributed by atoms with Gasteiger partial charge in [0.1, 0.15) is 5.76 Å². The van der Waals surface area contributed by atoms with Crippen LogP contribution >= 0.6 is 0 Å². The van der Waals surface area contributed by atoms with Gasteiger partial charge in [-0.1, -0.05) is 42.5 Å². The third-order valence-electron chi connectivity index (χ3n) is 7.05. The number of hydrogen-bond acceptors (Lipinski definition) is 5. The van der Waals surface area contributed by atoms with Crippen LogP contribution < -0.4 is 9.47 Å². The highest BCUT2D eigenvalue weighted by Gasteiger charge is 2.33. The van der Waals surface area contributed by atoms with Crippen molar-refractivity contribution in [2.24, 2.45) is 5.92 Å². The van der Waals surface area contributed by atoms with E-state index in [0.29, 0.717) is 35.9 Å². The summed E-state index contributed by atoms with van der Waals surface area (Å²) in [5.74, 6) is 1.98. The monoisotopic (exact) mass is 490 g/mol. The van der Waals surface area contributed by atoms with E-state index in [0.717, 1.165) is 19.3 Å². The molecule has 2 heterocycles. The number of likely N-dealkylation sites (tertiary alicyclic amines) is 1. The molecule has 0 N–H and O–H groups in total. The van der Waals surface area contributed by atoms with E-state index >= 15 is 0 Å². The number of nitrogens with zero attached hydrogens (tertiary/aromatic N) is 2. The van der Waals surface area contributed by atoms with Crippen molar-refractivity contribution in [1.82, 2.24) is 9.80 Å². The molecule has 36 heavy (non-hydrogen) atoms. The van der Waals surface area contributed by atoms with Crippen LogP contribution in [-0.2, 0) is 11.2 Å². The Bertz CT molecular complexity index is 1150. The zero-order chi connectivity index (χ0) is 25.5. The van der Waals surface area contributed by atoms with E-state index in [2.05, 4.69) is 12.1 Å². The maximum atomic E-state index is 13.3. The number of likely N-dealkylation sites (N-methyl/N-ethyl adjacent to an activating group) is 1. The van der Waals surface area contributed by atoms with E-state index in [-0.39, 0.29) is 30.4 Å². The van der Waals surface area contributed by atoms with E-state index in [1.54, 1.807) is 31.6 Å². The maximum absolute atomic E-state index is 13.3. The normalized spacial score (nSPS) is 14.8. The predicted octanol–water partition coefficient (Wildman–Crippen LogP) is 4.60. The van der Waals surface area contributed by atoms with Gasteiger partial charge in [-0.25, -0.2) is 0 Å². The van der Waals surface area contributed by atoms with Crippen molar-refractivity contribution >= 4 is 11.8 Å². The molecular weight excluding hydrogens is 456 g/mol. The lowest BCUT2D eigenvalue weighted by atomic mass is 9.84. The van der Waals surface area contributed by atoms with Gasteiger partial charge in [-0.15, -0.1) is 0 Å². The average molecular weight is 491 g/mol. The minimum Gasteiger partial charge on any atom is -0.493 e. The summed E-state index contributed by atoms with van der Waals surface area (Å²) in [5, 5.41) is 0. The zero-order valence-corrected chi connectivity index (χ0v) is 21.2. The van der Waals surface area contributed by atoms with Crippen LogP contribution in [0.15, 0.2) is 71.3 Å². The standard InChI is InChI=1S/C29H34N2O5/c1-21-24(15-18-35-21)29(33)30(2)25(19-22-9-5-4-6-10-22)23-13-16-31(17-14-23)28(32)20-36-27-12-8-7-11-26(27)34-3/h4-12,15,18,23,25H,13-14,16-17,19-20H2,1-3H3/t25-/m1/s1. The lowest BCUT2D eigenvalue weighted by Crippen LogP contribution is -2.49. The number of aryl methyl sites for hydroxylation is 1. The number of furan rings is 1. The van der Waals surface area contributed by atoms with Gasteiger partial charge in [0.05, 0.1) is 18.9 Å². The van der Waals surface area contributed by atoms with Gasteiger partial charge in [0.25, 0.3) is 11.8 Å². The first-order chi connectivity index (χ1) is 17.5. The number of carbonyl (C=O) groups excluding carboxylic acids is 2. The molecule has 1 fully saturated rings. The van der Waals surface area contributed by atoms with Crippen LogP contribution in [0.5, 0.6) is 11.5 Å². The first kappa shape index (κ1) is 25.4. The Hall–Kier alpha value is -3.74. The highest BCUT2D eigenvalue weighted by molar-refractivity contribution is 5.95. The quantitative estimate of drug-likeness (QED) is 0.439. The van der Waals surface area contributed by atoms with Crippen LogP contribution in [0.1, 0.15) is 34.5 Å². The Labute approximate surface area is 212 Å². The lowest BCUT2D eigenvalue weighted by molar-refractivity contribution is -0.135. The molecule has 7 nitrogen and oxygen atoms in total. The molecule has 4 rings (SSSR count). The molecule has 0 bridgehead atoms. The topological polar surface area (TPSA) is 72.2 Å². The number of hydrogen-bond donors (Lipinski definition) is 0. The summed E-state index contributed by atoms with van der Waals surface area (Å²) in [6.07, 6.45) is 3.95. The Morgan fingerprint density at radius 2 is 1.69 bits per heavy atom.